The van der Waals surface area contributed by atoms with Gasteiger partial charge in [0.15, 0.2) is 0 Å². The molecule has 10 heavy (non-hydrogen) atoms. The lowest BCUT2D eigenvalue weighted by molar-refractivity contribution is -0.113. The average Bonchev–Trinajstić information content (AvgIpc) is 2.19. The van der Waals surface area contributed by atoms with Gasteiger partial charge in [-0.05, 0) is 38.3 Å². The van der Waals surface area contributed by atoms with Gasteiger partial charge in [-0.2, -0.15) is 0 Å². The van der Waals surface area contributed by atoms with Crippen LogP contribution in [0.3, 0.4) is 0 Å². The van der Waals surface area contributed by atoms with E-state index in [4.69, 9.17) is 0 Å². The molecule has 0 aromatic carbocycles. The molecule has 2 aliphatic rings. The van der Waals surface area contributed by atoms with Crippen LogP contribution in [0.2, 0.25) is 0 Å². The second-order valence-corrected chi connectivity index (χ2v) is 3.35. The fraction of sp³-hybridized carbons (Fsp3) is 0.875. The average molecular weight is 139 g/mol. The minimum atomic E-state index is 0.286. The van der Waals surface area contributed by atoms with Crippen molar-refractivity contribution in [1.29, 1.82) is 0 Å². The van der Waals surface area contributed by atoms with E-state index in [1.807, 2.05) is 0 Å². The molecule has 0 saturated carbocycles. The maximum atomic E-state index is 10.6. The van der Waals surface area contributed by atoms with Crippen molar-refractivity contribution in [2.24, 2.45) is 5.92 Å². The number of carbonyl (C=O) groups excluding carboxylic acids is 1. The molecule has 3 atom stereocenters. The molecule has 56 valence electrons. The van der Waals surface area contributed by atoms with E-state index < -0.39 is 0 Å². The molecule has 2 aliphatic heterocycles. The van der Waals surface area contributed by atoms with Crippen LogP contribution < -0.4 is 0 Å². The van der Waals surface area contributed by atoms with Crippen LogP contribution >= 0.6 is 0 Å². The summed E-state index contributed by atoms with van der Waals surface area (Å²) in [4.78, 5) is 12.9. The SMILES string of the molecule is O=CC1C2CCCN1CC2. The molecule has 0 aromatic rings. The highest BCUT2D eigenvalue weighted by Gasteiger charge is 2.36. The summed E-state index contributed by atoms with van der Waals surface area (Å²) in [5.41, 5.74) is 0. The van der Waals surface area contributed by atoms with Gasteiger partial charge in [-0.25, -0.2) is 0 Å². The lowest BCUT2D eigenvalue weighted by Crippen LogP contribution is -2.38. The number of aldehydes is 1. The molecule has 2 rings (SSSR count). The van der Waals surface area contributed by atoms with Crippen molar-refractivity contribution in [3.05, 3.63) is 0 Å². The molecule has 0 radical (unpaired) electrons. The minimum Gasteiger partial charge on any atom is -0.302 e. The summed E-state index contributed by atoms with van der Waals surface area (Å²) in [5, 5.41) is 0. The fourth-order valence-corrected chi connectivity index (χ4v) is 2.28. The topological polar surface area (TPSA) is 20.3 Å². The third-order valence-electron chi connectivity index (χ3n) is 2.85. The number of fused-ring (bicyclic) bond motifs is 2. The highest BCUT2D eigenvalue weighted by atomic mass is 16.1. The van der Waals surface area contributed by atoms with Gasteiger partial charge in [-0.15, -0.1) is 0 Å². The van der Waals surface area contributed by atoms with Gasteiger partial charge >= 0.3 is 0 Å². The van der Waals surface area contributed by atoms with Crippen LogP contribution in [0.1, 0.15) is 19.3 Å². The van der Waals surface area contributed by atoms with Gasteiger partial charge in [-0.1, -0.05) is 0 Å². The summed E-state index contributed by atoms with van der Waals surface area (Å²) in [7, 11) is 0. The van der Waals surface area contributed by atoms with Gasteiger partial charge < -0.3 is 4.79 Å². The second kappa shape index (κ2) is 2.35. The molecular weight excluding hydrogens is 126 g/mol. The standard InChI is InChI=1S/C8H13NO/c10-6-8-7-2-1-4-9(8)5-3-7/h6-8H,1-5H2. The van der Waals surface area contributed by atoms with Crippen LogP contribution in [-0.2, 0) is 4.79 Å². The van der Waals surface area contributed by atoms with E-state index in [-0.39, 0.29) is 6.04 Å². The smallest absolute Gasteiger partial charge is 0.137 e. The first-order valence-electron chi connectivity index (χ1n) is 4.11. The third kappa shape index (κ3) is 0.788. The first kappa shape index (κ1) is 6.35. The molecule has 2 heteroatoms. The second-order valence-electron chi connectivity index (χ2n) is 3.35. The lowest BCUT2D eigenvalue weighted by atomic mass is 9.93. The van der Waals surface area contributed by atoms with E-state index in [9.17, 15) is 4.79 Å². The van der Waals surface area contributed by atoms with E-state index in [1.165, 1.54) is 19.3 Å². The zero-order valence-electron chi connectivity index (χ0n) is 6.12. The fourth-order valence-electron chi connectivity index (χ4n) is 2.28. The van der Waals surface area contributed by atoms with Crippen molar-refractivity contribution in [2.75, 3.05) is 13.1 Å². The van der Waals surface area contributed by atoms with Crippen molar-refractivity contribution in [3.8, 4) is 0 Å². The van der Waals surface area contributed by atoms with Crippen LogP contribution in [0, 0.1) is 5.92 Å². The van der Waals surface area contributed by atoms with Gasteiger partial charge in [-0.3, -0.25) is 4.90 Å². The van der Waals surface area contributed by atoms with E-state index in [0.717, 1.165) is 19.4 Å². The van der Waals surface area contributed by atoms with Crippen LogP contribution in [0.15, 0.2) is 0 Å². The quantitative estimate of drug-likeness (QED) is 0.498. The molecule has 2 nitrogen and oxygen atoms in total. The summed E-state index contributed by atoms with van der Waals surface area (Å²) in [6.45, 7) is 2.31. The van der Waals surface area contributed by atoms with E-state index in [0.29, 0.717) is 5.92 Å². The van der Waals surface area contributed by atoms with Crippen molar-refractivity contribution in [1.82, 2.24) is 4.90 Å². The van der Waals surface area contributed by atoms with Crippen molar-refractivity contribution >= 4 is 6.29 Å². The normalized spacial score (nSPS) is 45.4. The van der Waals surface area contributed by atoms with Crippen LogP contribution in [-0.4, -0.2) is 30.3 Å². The number of nitrogens with zero attached hydrogens (tertiary/aromatic N) is 1. The summed E-state index contributed by atoms with van der Waals surface area (Å²) < 4.78 is 0. The number of rotatable bonds is 1. The Balaban J connectivity index is 2.13. The van der Waals surface area contributed by atoms with Crippen molar-refractivity contribution in [2.45, 2.75) is 25.3 Å². The molecule has 0 aromatic heterocycles. The lowest BCUT2D eigenvalue weighted by Gasteiger charge is -2.28. The molecule has 0 amide bonds. The van der Waals surface area contributed by atoms with Crippen LogP contribution in [0.5, 0.6) is 0 Å². The Kier molecular flexibility index (Phi) is 1.49. The van der Waals surface area contributed by atoms with Gasteiger partial charge in [0.05, 0.1) is 6.04 Å². The Labute approximate surface area is 61.2 Å². The largest absolute Gasteiger partial charge is 0.302 e. The molecule has 0 N–H and O–H groups in total. The Morgan fingerprint density at radius 3 is 2.80 bits per heavy atom. The monoisotopic (exact) mass is 139 g/mol. The van der Waals surface area contributed by atoms with Gasteiger partial charge in [0, 0.05) is 0 Å². The van der Waals surface area contributed by atoms with Crippen molar-refractivity contribution < 1.29 is 4.79 Å². The molecule has 0 spiro atoms. The molecular formula is C8H13NO. The summed E-state index contributed by atoms with van der Waals surface area (Å²) in [5.74, 6) is 0.700. The number of carbonyl (C=O) groups is 1. The zero-order chi connectivity index (χ0) is 6.97. The van der Waals surface area contributed by atoms with E-state index in [1.54, 1.807) is 0 Å². The zero-order valence-corrected chi connectivity index (χ0v) is 6.12. The molecule has 0 aliphatic carbocycles. The Bertz CT molecular complexity index is 130. The first-order chi connectivity index (χ1) is 4.92. The van der Waals surface area contributed by atoms with Crippen LogP contribution in [0.25, 0.3) is 0 Å². The highest BCUT2D eigenvalue weighted by Crippen LogP contribution is 2.31. The number of hydrogen-bond donors (Lipinski definition) is 0. The summed E-state index contributed by atoms with van der Waals surface area (Å²) >= 11 is 0. The van der Waals surface area contributed by atoms with Crippen LogP contribution in [0.4, 0.5) is 0 Å². The van der Waals surface area contributed by atoms with Gasteiger partial charge in [0.1, 0.15) is 6.29 Å². The van der Waals surface area contributed by atoms with E-state index >= 15 is 0 Å². The summed E-state index contributed by atoms with van der Waals surface area (Å²) in [6, 6.07) is 0.286. The maximum Gasteiger partial charge on any atom is 0.137 e. The number of piperidine rings is 1. The summed E-state index contributed by atoms with van der Waals surface area (Å²) in [6.07, 6.45) is 4.97. The molecule has 2 bridgehead atoms. The predicted molar refractivity (Wildman–Crippen MR) is 38.8 cm³/mol. The molecule has 2 fully saturated rings. The number of hydrogen-bond acceptors (Lipinski definition) is 2. The molecule has 2 heterocycles. The molecule has 2 saturated heterocycles. The predicted octanol–water partition coefficient (Wildman–Crippen LogP) is 0.670. The van der Waals surface area contributed by atoms with E-state index in [2.05, 4.69) is 4.90 Å². The van der Waals surface area contributed by atoms with Gasteiger partial charge in [0.2, 0.25) is 0 Å². The van der Waals surface area contributed by atoms with Gasteiger partial charge in [0.25, 0.3) is 0 Å². The molecule has 3 unspecified atom stereocenters. The maximum absolute atomic E-state index is 10.6. The first-order valence-corrected chi connectivity index (χ1v) is 4.11. The Morgan fingerprint density at radius 2 is 2.20 bits per heavy atom. The Hall–Kier alpha value is -0.370. The van der Waals surface area contributed by atoms with Crippen molar-refractivity contribution in [3.63, 3.8) is 0 Å². The minimum absolute atomic E-state index is 0.286. The third-order valence-corrected chi connectivity index (χ3v) is 2.85. The Morgan fingerprint density at radius 1 is 1.30 bits per heavy atom. The highest BCUT2D eigenvalue weighted by molar-refractivity contribution is 5.59.